The number of hydrogen-bond acceptors (Lipinski definition) is 8. The maximum atomic E-state index is 11.8. The van der Waals surface area contributed by atoms with Crippen molar-refractivity contribution in [3.05, 3.63) is 70.0 Å². The number of nitro groups is 1. The number of benzene rings is 2. The van der Waals surface area contributed by atoms with E-state index in [0.717, 1.165) is 5.56 Å². The van der Waals surface area contributed by atoms with Gasteiger partial charge in [-0.25, -0.2) is 9.97 Å². The van der Waals surface area contributed by atoms with E-state index in [1.54, 1.807) is 36.4 Å². The number of hydrogen-bond donors (Lipinski definition) is 2. The van der Waals surface area contributed by atoms with Crippen molar-refractivity contribution in [2.24, 2.45) is 0 Å². The van der Waals surface area contributed by atoms with Crippen molar-refractivity contribution >= 4 is 34.5 Å². The molecule has 29 heavy (non-hydrogen) atoms. The van der Waals surface area contributed by atoms with E-state index >= 15 is 0 Å². The number of nitrogens with one attached hydrogen (secondary N) is 2. The number of anilines is 4. The molecule has 148 valence electrons. The number of rotatable bonds is 7. The van der Waals surface area contributed by atoms with Gasteiger partial charge in [0.2, 0.25) is 11.6 Å². The number of ketones is 1. The first kappa shape index (κ1) is 19.7. The van der Waals surface area contributed by atoms with Crippen molar-refractivity contribution in [3.63, 3.8) is 0 Å². The molecule has 0 aliphatic rings. The molecule has 1 aromatic heterocycles. The lowest BCUT2D eigenvalue weighted by Crippen LogP contribution is -2.06. The van der Waals surface area contributed by atoms with Gasteiger partial charge in [0.25, 0.3) is 0 Å². The van der Waals surface area contributed by atoms with E-state index in [9.17, 15) is 14.9 Å². The van der Waals surface area contributed by atoms with Gasteiger partial charge >= 0.3 is 5.69 Å². The van der Waals surface area contributed by atoms with Crippen LogP contribution in [0.2, 0.25) is 0 Å². The van der Waals surface area contributed by atoms with E-state index in [2.05, 4.69) is 20.6 Å². The van der Waals surface area contributed by atoms with Crippen LogP contribution >= 0.6 is 0 Å². The van der Waals surface area contributed by atoms with E-state index in [1.165, 1.54) is 20.4 Å². The summed E-state index contributed by atoms with van der Waals surface area (Å²) in [6.07, 6.45) is 1.23. The fourth-order valence-electron chi connectivity index (χ4n) is 2.71. The lowest BCUT2D eigenvalue weighted by Gasteiger charge is -2.13. The number of ether oxygens (including phenoxy) is 1. The molecule has 0 radical (unpaired) electrons. The van der Waals surface area contributed by atoms with Crippen LogP contribution in [0.15, 0.2) is 48.8 Å². The number of Topliss-reactive ketones (excluding diaryl/α,β-unsaturated/α-hetero) is 1. The minimum atomic E-state index is -0.559. The van der Waals surface area contributed by atoms with Gasteiger partial charge in [-0.15, -0.1) is 0 Å². The maximum Gasteiger partial charge on any atom is 0.353 e. The van der Waals surface area contributed by atoms with Crippen LogP contribution in [0.3, 0.4) is 0 Å². The average molecular weight is 393 g/mol. The summed E-state index contributed by atoms with van der Waals surface area (Å²) < 4.78 is 5.31. The van der Waals surface area contributed by atoms with E-state index in [0.29, 0.717) is 22.7 Å². The molecule has 0 aliphatic carbocycles. The second-order valence-electron chi connectivity index (χ2n) is 6.26. The Kier molecular flexibility index (Phi) is 5.68. The summed E-state index contributed by atoms with van der Waals surface area (Å²) in [5.74, 6) is 0.507. The topological polar surface area (TPSA) is 119 Å². The predicted octanol–water partition coefficient (Wildman–Crippen LogP) is 4.39. The van der Waals surface area contributed by atoms with Crippen molar-refractivity contribution in [3.8, 4) is 5.75 Å². The minimum Gasteiger partial charge on any atom is -0.495 e. The van der Waals surface area contributed by atoms with Gasteiger partial charge in [0.05, 0.1) is 17.7 Å². The third-order valence-electron chi connectivity index (χ3n) is 4.17. The molecule has 0 bridgehead atoms. The Morgan fingerprint density at radius 2 is 1.72 bits per heavy atom. The number of nitrogens with zero attached hydrogens (tertiary/aromatic N) is 3. The highest BCUT2D eigenvalue weighted by atomic mass is 16.6. The summed E-state index contributed by atoms with van der Waals surface area (Å²) in [6.45, 7) is 3.37. The fraction of sp³-hybridized carbons (Fsp3) is 0.150. The first-order valence-electron chi connectivity index (χ1n) is 8.68. The van der Waals surface area contributed by atoms with Crippen molar-refractivity contribution in [2.45, 2.75) is 13.8 Å². The molecule has 2 aromatic carbocycles. The van der Waals surface area contributed by atoms with Crippen LogP contribution < -0.4 is 15.4 Å². The zero-order chi connectivity index (χ0) is 21.0. The molecule has 2 N–H and O–H groups in total. The molecule has 9 nitrogen and oxygen atoms in total. The summed E-state index contributed by atoms with van der Waals surface area (Å²) in [6, 6.07) is 12.0. The van der Waals surface area contributed by atoms with Crippen molar-refractivity contribution in [2.75, 3.05) is 17.7 Å². The molecule has 0 fully saturated rings. The number of aromatic nitrogens is 2. The molecule has 0 amide bonds. The van der Waals surface area contributed by atoms with Crippen LogP contribution in [0, 0.1) is 17.0 Å². The van der Waals surface area contributed by atoms with Gasteiger partial charge in [0.1, 0.15) is 12.1 Å². The van der Waals surface area contributed by atoms with Gasteiger partial charge in [-0.3, -0.25) is 14.9 Å². The number of carbonyl (C=O) groups excluding carboxylic acids is 1. The zero-order valence-corrected chi connectivity index (χ0v) is 16.1. The van der Waals surface area contributed by atoms with Gasteiger partial charge in [0.15, 0.2) is 5.78 Å². The van der Waals surface area contributed by atoms with Crippen molar-refractivity contribution in [1.29, 1.82) is 0 Å². The van der Waals surface area contributed by atoms with Gasteiger partial charge in [-0.1, -0.05) is 6.07 Å². The van der Waals surface area contributed by atoms with E-state index in [-0.39, 0.29) is 23.1 Å². The lowest BCUT2D eigenvalue weighted by molar-refractivity contribution is -0.383. The first-order valence-corrected chi connectivity index (χ1v) is 8.68. The SMILES string of the molecule is COc1ccc(C)cc1Nc1ncnc(Nc2ccc(C(C)=O)cc2)c1[N+](=O)[O-]. The Morgan fingerprint density at radius 3 is 2.31 bits per heavy atom. The number of aryl methyl sites for hydroxylation is 1. The quantitative estimate of drug-likeness (QED) is 0.344. The second-order valence-corrected chi connectivity index (χ2v) is 6.26. The smallest absolute Gasteiger partial charge is 0.353 e. The number of carbonyl (C=O) groups is 1. The van der Waals surface area contributed by atoms with Crippen molar-refractivity contribution in [1.82, 2.24) is 9.97 Å². The van der Waals surface area contributed by atoms with Crippen LogP contribution in [0.4, 0.5) is 28.7 Å². The molecule has 0 aliphatic heterocycles. The van der Waals surface area contributed by atoms with E-state index in [1.807, 2.05) is 13.0 Å². The fourth-order valence-corrected chi connectivity index (χ4v) is 2.71. The highest BCUT2D eigenvalue weighted by molar-refractivity contribution is 5.94. The third-order valence-corrected chi connectivity index (χ3v) is 4.17. The normalized spacial score (nSPS) is 10.3. The molecular formula is C20H19N5O4. The first-order chi connectivity index (χ1) is 13.9. The summed E-state index contributed by atoms with van der Waals surface area (Å²) in [7, 11) is 1.52. The predicted molar refractivity (Wildman–Crippen MR) is 109 cm³/mol. The largest absolute Gasteiger partial charge is 0.495 e. The molecule has 1 heterocycles. The molecule has 3 rings (SSSR count). The van der Waals surface area contributed by atoms with Crippen LogP contribution in [0.5, 0.6) is 5.75 Å². The Bertz CT molecular complexity index is 1070. The molecule has 0 atom stereocenters. The highest BCUT2D eigenvalue weighted by Gasteiger charge is 2.24. The third kappa shape index (κ3) is 4.46. The van der Waals surface area contributed by atoms with Crippen LogP contribution in [0.1, 0.15) is 22.8 Å². The molecule has 9 heteroatoms. The van der Waals surface area contributed by atoms with Crippen LogP contribution in [-0.2, 0) is 0 Å². The molecule has 3 aromatic rings. The summed E-state index contributed by atoms with van der Waals surface area (Å²) in [5, 5.41) is 17.6. The molecule has 0 saturated heterocycles. The zero-order valence-electron chi connectivity index (χ0n) is 16.1. The molecule has 0 spiro atoms. The Hall–Kier alpha value is -4.01. The monoisotopic (exact) mass is 393 g/mol. The second kappa shape index (κ2) is 8.34. The number of methoxy groups -OCH3 is 1. The van der Waals surface area contributed by atoms with E-state index < -0.39 is 4.92 Å². The van der Waals surface area contributed by atoms with Gasteiger partial charge in [-0.05, 0) is 55.8 Å². The lowest BCUT2D eigenvalue weighted by atomic mass is 10.1. The highest BCUT2D eigenvalue weighted by Crippen LogP contribution is 2.35. The average Bonchev–Trinajstić information content (AvgIpc) is 2.68. The maximum absolute atomic E-state index is 11.8. The summed E-state index contributed by atoms with van der Waals surface area (Å²) >= 11 is 0. The van der Waals surface area contributed by atoms with Crippen molar-refractivity contribution < 1.29 is 14.5 Å². The summed E-state index contributed by atoms with van der Waals surface area (Å²) in [5.41, 5.74) is 2.28. The Morgan fingerprint density at radius 1 is 1.07 bits per heavy atom. The molecular weight excluding hydrogens is 374 g/mol. The molecule has 0 unspecified atom stereocenters. The Balaban J connectivity index is 1.97. The van der Waals surface area contributed by atoms with E-state index in [4.69, 9.17) is 4.74 Å². The van der Waals surface area contributed by atoms with Gasteiger partial charge in [0, 0.05) is 11.3 Å². The standard InChI is InChI=1S/C20H19N5O4/c1-12-4-9-17(29-3)16(10-12)24-20-18(25(27)28)19(21-11-22-20)23-15-7-5-14(6-8-15)13(2)26/h4-11H,1-3H3,(H2,21,22,23,24). The Labute approximate surface area is 166 Å². The van der Waals surface area contributed by atoms with Gasteiger partial charge < -0.3 is 15.4 Å². The molecule has 0 saturated carbocycles. The van der Waals surface area contributed by atoms with Crippen LogP contribution in [-0.4, -0.2) is 27.8 Å². The van der Waals surface area contributed by atoms with Crippen LogP contribution in [0.25, 0.3) is 0 Å². The summed E-state index contributed by atoms with van der Waals surface area (Å²) in [4.78, 5) is 30.7. The minimum absolute atomic E-state index is 0.0229. The van der Waals surface area contributed by atoms with Gasteiger partial charge in [-0.2, -0.15) is 0 Å².